The van der Waals surface area contributed by atoms with Gasteiger partial charge in [0, 0.05) is 10.9 Å². The van der Waals surface area contributed by atoms with Crippen LogP contribution in [-0.4, -0.2) is 0 Å². The van der Waals surface area contributed by atoms with Gasteiger partial charge in [0.1, 0.15) is 0 Å². The van der Waals surface area contributed by atoms with Crippen molar-refractivity contribution in [2.75, 3.05) is 0 Å². The molecule has 1 aromatic heterocycles. The SMILES string of the molecule is CCC(N)c1csc(C)c1.Cl. The third-order valence-corrected chi connectivity index (χ3v) is 2.50. The van der Waals surface area contributed by atoms with Gasteiger partial charge in [-0.2, -0.15) is 0 Å². The highest BCUT2D eigenvalue weighted by atomic mass is 35.5. The summed E-state index contributed by atoms with van der Waals surface area (Å²) in [4.78, 5) is 1.35. The summed E-state index contributed by atoms with van der Waals surface area (Å²) in [6.07, 6.45) is 1.02. The number of nitrogens with two attached hydrogens (primary N) is 1. The smallest absolute Gasteiger partial charge is 0.0300 e. The van der Waals surface area contributed by atoms with Gasteiger partial charge in [-0.3, -0.25) is 0 Å². The Morgan fingerprint density at radius 3 is 2.64 bits per heavy atom. The van der Waals surface area contributed by atoms with Crippen LogP contribution in [0.2, 0.25) is 0 Å². The van der Waals surface area contributed by atoms with E-state index < -0.39 is 0 Å². The van der Waals surface area contributed by atoms with Crippen LogP contribution < -0.4 is 5.73 Å². The van der Waals surface area contributed by atoms with E-state index in [1.54, 1.807) is 11.3 Å². The molecule has 11 heavy (non-hydrogen) atoms. The lowest BCUT2D eigenvalue weighted by Gasteiger charge is -2.03. The molecular formula is C8H14ClNS. The van der Waals surface area contributed by atoms with E-state index in [0.29, 0.717) is 0 Å². The molecule has 0 spiro atoms. The average molecular weight is 192 g/mol. The lowest BCUT2D eigenvalue weighted by atomic mass is 10.1. The zero-order valence-corrected chi connectivity index (χ0v) is 8.47. The largest absolute Gasteiger partial charge is 0.324 e. The summed E-state index contributed by atoms with van der Waals surface area (Å²) in [5.41, 5.74) is 7.10. The maximum atomic E-state index is 5.81. The lowest BCUT2D eigenvalue weighted by Crippen LogP contribution is -2.06. The Labute approximate surface area is 78.0 Å². The maximum absolute atomic E-state index is 5.81. The van der Waals surface area contributed by atoms with Gasteiger partial charge >= 0.3 is 0 Å². The molecule has 1 unspecified atom stereocenters. The first-order valence-corrected chi connectivity index (χ1v) is 4.42. The van der Waals surface area contributed by atoms with Crippen molar-refractivity contribution in [3.05, 3.63) is 21.9 Å². The first-order chi connectivity index (χ1) is 4.74. The van der Waals surface area contributed by atoms with Crippen LogP contribution in [0.1, 0.15) is 29.8 Å². The molecule has 0 fully saturated rings. The molecule has 0 aliphatic heterocycles. The van der Waals surface area contributed by atoms with E-state index in [4.69, 9.17) is 5.73 Å². The first-order valence-electron chi connectivity index (χ1n) is 3.54. The molecule has 0 radical (unpaired) electrons. The number of aryl methyl sites for hydroxylation is 1. The number of hydrogen-bond donors (Lipinski definition) is 1. The molecule has 0 saturated heterocycles. The number of rotatable bonds is 2. The maximum Gasteiger partial charge on any atom is 0.0300 e. The van der Waals surface area contributed by atoms with Gasteiger partial charge in [0.05, 0.1) is 0 Å². The molecule has 3 heteroatoms. The van der Waals surface area contributed by atoms with E-state index in [2.05, 4.69) is 25.3 Å². The summed E-state index contributed by atoms with van der Waals surface area (Å²) in [5, 5.41) is 2.14. The molecular weight excluding hydrogens is 178 g/mol. The summed E-state index contributed by atoms with van der Waals surface area (Å²) in [6, 6.07) is 2.41. The second-order valence-electron chi connectivity index (χ2n) is 2.51. The van der Waals surface area contributed by atoms with Crippen molar-refractivity contribution >= 4 is 23.7 Å². The van der Waals surface area contributed by atoms with Crippen molar-refractivity contribution in [3.63, 3.8) is 0 Å². The summed E-state index contributed by atoms with van der Waals surface area (Å²) < 4.78 is 0. The van der Waals surface area contributed by atoms with Gasteiger partial charge in [-0.05, 0) is 30.4 Å². The fraction of sp³-hybridized carbons (Fsp3) is 0.500. The number of thiophene rings is 1. The number of halogens is 1. The van der Waals surface area contributed by atoms with E-state index in [1.165, 1.54) is 10.4 Å². The topological polar surface area (TPSA) is 26.0 Å². The summed E-state index contributed by atoms with van der Waals surface area (Å²) in [7, 11) is 0. The van der Waals surface area contributed by atoms with Crippen LogP contribution in [0.25, 0.3) is 0 Å². The highest BCUT2D eigenvalue weighted by Crippen LogP contribution is 2.20. The molecule has 2 N–H and O–H groups in total. The van der Waals surface area contributed by atoms with E-state index in [0.717, 1.165) is 6.42 Å². The van der Waals surface area contributed by atoms with Crippen molar-refractivity contribution in [1.29, 1.82) is 0 Å². The fourth-order valence-electron chi connectivity index (χ4n) is 0.894. The van der Waals surface area contributed by atoms with E-state index in [-0.39, 0.29) is 18.4 Å². The fourth-order valence-corrected chi connectivity index (χ4v) is 1.66. The summed E-state index contributed by atoms with van der Waals surface area (Å²) in [6.45, 7) is 4.22. The minimum atomic E-state index is 0. The molecule has 0 aromatic carbocycles. The van der Waals surface area contributed by atoms with Crippen LogP contribution >= 0.6 is 23.7 Å². The van der Waals surface area contributed by atoms with Crippen molar-refractivity contribution in [1.82, 2.24) is 0 Å². The number of hydrogen-bond acceptors (Lipinski definition) is 2. The highest BCUT2D eigenvalue weighted by Gasteiger charge is 2.03. The highest BCUT2D eigenvalue weighted by molar-refractivity contribution is 7.10. The predicted octanol–water partition coefficient (Wildman–Crippen LogP) is 2.89. The van der Waals surface area contributed by atoms with Crippen molar-refractivity contribution < 1.29 is 0 Å². The second-order valence-corrected chi connectivity index (χ2v) is 3.62. The molecule has 64 valence electrons. The van der Waals surface area contributed by atoms with Crippen LogP contribution in [0.3, 0.4) is 0 Å². The molecule has 0 bridgehead atoms. The Morgan fingerprint density at radius 1 is 1.64 bits per heavy atom. The van der Waals surface area contributed by atoms with Crippen LogP contribution in [0.15, 0.2) is 11.4 Å². The Balaban J connectivity index is 0.000001000. The quantitative estimate of drug-likeness (QED) is 0.765. The molecule has 0 aliphatic rings. The Hall–Kier alpha value is -0.0500. The molecule has 1 aromatic rings. The Bertz CT molecular complexity index is 210. The standard InChI is InChI=1S/C8H13NS.ClH/c1-3-8(9)7-4-6(2)10-5-7;/h4-5,8H,3,9H2,1-2H3;1H. The Kier molecular flexibility index (Phi) is 4.73. The molecule has 0 aliphatic carbocycles. The van der Waals surface area contributed by atoms with E-state index in [9.17, 15) is 0 Å². The Morgan fingerprint density at radius 2 is 2.27 bits per heavy atom. The van der Waals surface area contributed by atoms with Gasteiger partial charge < -0.3 is 5.73 Å². The zero-order chi connectivity index (χ0) is 7.56. The molecule has 1 heterocycles. The van der Waals surface area contributed by atoms with Crippen molar-refractivity contribution in [2.45, 2.75) is 26.3 Å². The van der Waals surface area contributed by atoms with E-state index in [1.807, 2.05) is 0 Å². The van der Waals surface area contributed by atoms with Gasteiger partial charge in [-0.15, -0.1) is 23.7 Å². The van der Waals surface area contributed by atoms with Gasteiger partial charge in [0.2, 0.25) is 0 Å². The normalized spacial score (nSPS) is 12.3. The minimum Gasteiger partial charge on any atom is -0.324 e. The van der Waals surface area contributed by atoms with Gasteiger partial charge in [-0.1, -0.05) is 6.92 Å². The minimum absolute atomic E-state index is 0. The molecule has 0 amide bonds. The molecule has 1 nitrogen and oxygen atoms in total. The predicted molar refractivity (Wildman–Crippen MR) is 53.5 cm³/mol. The van der Waals surface area contributed by atoms with Crippen LogP contribution in [0.4, 0.5) is 0 Å². The van der Waals surface area contributed by atoms with Crippen LogP contribution in [0, 0.1) is 6.92 Å². The third kappa shape index (κ3) is 2.81. The summed E-state index contributed by atoms with van der Waals surface area (Å²) in [5.74, 6) is 0. The molecule has 1 atom stereocenters. The monoisotopic (exact) mass is 191 g/mol. The molecule has 1 rings (SSSR count). The van der Waals surface area contributed by atoms with Crippen LogP contribution in [0.5, 0.6) is 0 Å². The van der Waals surface area contributed by atoms with Gasteiger partial charge in [0.15, 0.2) is 0 Å². The molecule has 0 saturated carbocycles. The lowest BCUT2D eigenvalue weighted by molar-refractivity contribution is 0.701. The third-order valence-electron chi connectivity index (χ3n) is 1.62. The van der Waals surface area contributed by atoms with Crippen molar-refractivity contribution in [2.24, 2.45) is 5.73 Å². The van der Waals surface area contributed by atoms with Crippen molar-refractivity contribution in [3.8, 4) is 0 Å². The zero-order valence-electron chi connectivity index (χ0n) is 6.83. The summed E-state index contributed by atoms with van der Waals surface area (Å²) >= 11 is 1.77. The van der Waals surface area contributed by atoms with Gasteiger partial charge in [0.25, 0.3) is 0 Å². The van der Waals surface area contributed by atoms with Gasteiger partial charge in [-0.25, -0.2) is 0 Å². The second kappa shape index (κ2) is 4.75. The van der Waals surface area contributed by atoms with Crippen LogP contribution in [-0.2, 0) is 0 Å². The average Bonchev–Trinajstić information content (AvgIpc) is 2.34. The first kappa shape index (κ1) is 11.0. The van der Waals surface area contributed by atoms with E-state index >= 15 is 0 Å².